The second-order valence-electron chi connectivity index (χ2n) is 7.37. The molecular formula is C22H17F3N6O3. The van der Waals surface area contributed by atoms with Crippen molar-refractivity contribution in [3.63, 3.8) is 0 Å². The van der Waals surface area contributed by atoms with Gasteiger partial charge in [-0.3, -0.25) is 14.8 Å². The Morgan fingerprint density at radius 2 is 1.76 bits per heavy atom. The van der Waals surface area contributed by atoms with Crippen molar-refractivity contribution < 1.29 is 27.2 Å². The zero-order valence-corrected chi connectivity index (χ0v) is 18.1. The third kappa shape index (κ3) is 4.42. The second-order valence-corrected chi connectivity index (χ2v) is 7.37. The van der Waals surface area contributed by atoms with Gasteiger partial charge in [-0.15, -0.1) is 0 Å². The number of halogens is 3. The highest BCUT2D eigenvalue weighted by Crippen LogP contribution is 2.33. The van der Waals surface area contributed by atoms with Gasteiger partial charge in [0, 0.05) is 24.1 Å². The molecule has 0 unspecified atom stereocenters. The van der Waals surface area contributed by atoms with E-state index in [1.807, 2.05) is 6.92 Å². The summed E-state index contributed by atoms with van der Waals surface area (Å²) in [7, 11) is 0. The van der Waals surface area contributed by atoms with Gasteiger partial charge in [-0.25, -0.2) is 14.8 Å². The van der Waals surface area contributed by atoms with Gasteiger partial charge in [0.15, 0.2) is 17.2 Å². The lowest BCUT2D eigenvalue weighted by Crippen LogP contribution is -2.22. The number of pyridine rings is 2. The average Bonchev–Trinajstić information content (AvgIpc) is 3.25. The number of urea groups is 1. The van der Waals surface area contributed by atoms with Crippen LogP contribution in [0, 0.1) is 13.8 Å². The molecule has 0 aromatic carbocycles. The first kappa shape index (κ1) is 22.8. The number of alkyl halides is 3. The van der Waals surface area contributed by atoms with Crippen LogP contribution in [-0.4, -0.2) is 31.8 Å². The quantitative estimate of drug-likeness (QED) is 0.395. The van der Waals surface area contributed by atoms with Crippen molar-refractivity contribution in [2.75, 3.05) is 10.6 Å². The summed E-state index contributed by atoms with van der Waals surface area (Å²) in [5.41, 5.74) is 0.433. The molecule has 4 heterocycles. The summed E-state index contributed by atoms with van der Waals surface area (Å²) in [6.45, 7) is 4.43. The summed E-state index contributed by atoms with van der Waals surface area (Å²) < 4.78 is 45.2. The number of Topliss-reactive ketones (excluding diaryl/α,β-unsaturated/α-hetero) is 1. The van der Waals surface area contributed by atoms with Crippen molar-refractivity contribution in [3.05, 3.63) is 59.6 Å². The Kier molecular flexibility index (Phi) is 5.73. The number of nitrogens with one attached hydrogen (secondary N) is 2. The van der Waals surface area contributed by atoms with Crippen molar-refractivity contribution in [2.24, 2.45) is 0 Å². The van der Waals surface area contributed by atoms with Crippen molar-refractivity contribution in [1.82, 2.24) is 19.9 Å². The number of carbonyl (C=O) groups excluding carboxylic acids is 2. The van der Waals surface area contributed by atoms with E-state index in [0.29, 0.717) is 28.7 Å². The summed E-state index contributed by atoms with van der Waals surface area (Å²) in [5, 5.41) is 5.54. The molecule has 0 radical (unpaired) electrons. The van der Waals surface area contributed by atoms with E-state index in [0.717, 1.165) is 24.2 Å². The maximum atomic E-state index is 13.3. The van der Waals surface area contributed by atoms with E-state index in [1.165, 1.54) is 12.5 Å². The first-order valence-corrected chi connectivity index (χ1v) is 9.87. The van der Waals surface area contributed by atoms with Gasteiger partial charge in [0.25, 0.3) is 0 Å². The monoisotopic (exact) mass is 470 g/mol. The molecule has 9 nitrogen and oxygen atoms in total. The number of fused-ring (bicyclic) bond motifs is 1. The van der Waals surface area contributed by atoms with E-state index < -0.39 is 29.2 Å². The van der Waals surface area contributed by atoms with Crippen LogP contribution >= 0.6 is 0 Å². The summed E-state index contributed by atoms with van der Waals surface area (Å²) in [6, 6.07) is 1.59. The number of anilines is 2. The van der Waals surface area contributed by atoms with Gasteiger partial charge in [-0.2, -0.15) is 13.2 Å². The molecule has 34 heavy (non-hydrogen) atoms. The Hall–Kier alpha value is -4.35. The lowest BCUT2D eigenvalue weighted by atomic mass is 10.1. The van der Waals surface area contributed by atoms with Crippen molar-refractivity contribution in [3.8, 4) is 11.4 Å². The Morgan fingerprint density at radius 1 is 1.00 bits per heavy atom. The number of hydrogen-bond acceptors (Lipinski definition) is 7. The predicted octanol–water partition coefficient (Wildman–Crippen LogP) is 5.16. The zero-order chi connectivity index (χ0) is 24.6. The molecule has 4 aromatic heterocycles. The fraction of sp³-hybridized carbons (Fsp3) is 0.182. The summed E-state index contributed by atoms with van der Waals surface area (Å²) in [4.78, 5) is 40.3. The van der Waals surface area contributed by atoms with Crippen molar-refractivity contribution in [1.29, 1.82) is 0 Å². The van der Waals surface area contributed by atoms with E-state index in [-0.39, 0.29) is 11.4 Å². The first-order valence-electron chi connectivity index (χ1n) is 9.87. The predicted molar refractivity (Wildman–Crippen MR) is 116 cm³/mol. The van der Waals surface area contributed by atoms with Gasteiger partial charge in [0.05, 0.1) is 47.0 Å². The number of hydrogen-bond donors (Lipinski definition) is 2. The Labute approximate surface area is 190 Å². The number of amides is 2. The highest BCUT2D eigenvalue weighted by molar-refractivity contribution is 6.01. The normalized spacial score (nSPS) is 11.5. The highest BCUT2D eigenvalue weighted by atomic mass is 19.4. The third-order valence-electron chi connectivity index (χ3n) is 4.92. The maximum absolute atomic E-state index is 13.3. The molecule has 0 atom stereocenters. The summed E-state index contributed by atoms with van der Waals surface area (Å²) in [6.07, 6.45) is 0.698. The average molecular weight is 470 g/mol. The van der Waals surface area contributed by atoms with Gasteiger partial charge >= 0.3 is 12.2 Å². The number of furan rings is 1. The number of aromatic nitrogens is 4. The minimum Gasteiger partial charge on any atom is -0.462 e. The summed E-state index contributed by atoms with van der Waals surface area (Å²) >= 11 is 0. The lowest BCUT2D eigenvalue weighted by Gasteiger charge is -2.13. The van der Waals surface area contributed by atoms with E-state index in [9.17, 15) is 22.8 Å². The minimum absolute atomic E-state index is 0.238. The van der Waals surface area contributed by atoms with Crippen LogP contribution in [0.15, 0.2) is 41.4 Å². The molecule has 0 saturated heterocycles. The van der Waals surface area contributed by atoms with Crippen LogP contribution in [0.3, 0.4) is 0 Å². The van der Waals surface area contributed by atoms with Gasteiger partial charge < -0.3 is 15.1 Å². The molecule has 0 aliphatic rings. The molecule has 0 bridgehead atoms. The Morgan fingerprint density at radius 3 is 2.44 bits per heavy atom. The van der Waals surface area contributed by atoms with Crippen LogP contribution in [0.2, 0.25) is 0 Å². The minimum atomic E-state index is -4.81. The number of carbonyl (C=O) groups is 2. The fourth-order valence-corrected chi connectivity index (χ4v) is 3.30. The Balaban J connectivity index is 1.55. The maximum Gasteiger partial charge on any atom is 0.418 e. The van der Waals surface area contributed by atoms with Crippen LogP contribution in [0.4, 0.5) is 29.3 Å². The number of nitrogens with zero attached hydrogens (tertiary/aromatic N) is 4. The molecular weight excluding hydrogens is 453 g/mol. The third-order valence-corrected chi connectivity index (χ3v) is 4.92. The van der Waals surface area contributed by atoms with Crippen LogP contribution < -0.4 is 10.6 Å². The van der Waals surface area contributed by atoms with E-state index in [2.05, 4.69) is 30.6 Å². The topological polar surface area (TPSA) is 123 Å². The van der Waals surface area contributed by atoms with Crippen molar-refractivity contribution >= 4 is 34.2 Å². The van der Waals surface area contributed by atoms with E-state index in [1.54, 1.807) is 19.2 Å². The molecule has 2 amide bonds. The van der Waals surface area contributed by atoms with Crippen LogP contribution in [0.25, 0.3) is 22.4 Å². The molecule has 12 heteroatoms. The smallest absolute Gasteiger partial charge is 0.418 e. The number of ketones is 1. The van der Waals surface area contributed by atoms with E-state index >= 15 is 0 Å². The molecule has 4 aromatic rings. The van der Waals surface area contributed by atoms with Crippen LogP contribution in [0.5, 0.6) is 0 Å². The standard InChI is InChI=1S/C22H17F3N6O3/c1-10-17(9-28-20(29-10)15-8-26-11(2)19-14(15)4-5-34-19)31-21(33)30-13-6-16(22(23,24)25)18(12(3)32)27-7-13/h4-9H,1-3H3,(H2,30,31,33). The van der Waals surface area contributed by atoms with E-state index in [4.69, 9.17) is 4.42 Å². The second kappa shape index (κ2) is 8.54. The fourth-order valence-electron chi connectivity index (χ4n) is 3.30. The number of rotatable bonds is 4. The van der Waals surface area contributed by atoms with Gasteiger partial charge in [0.1, 0.15) is 5.69 Å². The molecule has 0 saturated carbocycles. The molecule has 0 aliphatic carbocycles. The molecule has 2 N–H and O–H groups in total. The SMILES string of the molecule is CC(=O)c1ncc(NC(=O)Nc2cnc(-c3cnc(C)c4occc34)nc2C)cc1C(F)(F)F. The molecule has 174 valence electrons. The van der Waals surface area contributed by atoms with Crippen LogP contribution in [-0.2, 0) is 6.18 Å². The van der Waals surface area contributed by atoms with Gasteiger partial charge in [0.2, 0.25) is 0 Å². The zero-order valence-electron chi connectivity index (χ0n) is 18.1. The summed E-state index contributed by atoms with van der Waals surface area (Å²) in [5.74, 6) is -0.478. The van der Waals surface area contributed by atoms with Gasteiger partial charge in [-0.05, 0) is 26.0 Å². The Bertz CT molecular complexity index is 1430. The first-order chi connectivity index (χ1) is 16.0. The molecule has 0 spiro atoms. The molecule has 0 aliphatic heterocycles. The lowest BCUT2D eigenvalue weighted by molar-refractivity contribution is -0.138. The number of aryl methyl sites for hydroxylation is 2. The van der Waals surface area contributed by atoms with Crippen molar-refractivity contribution in [2.45, 2.75) is 26.9 Å². The molecule has 0 fully saturated rings. The highest BCUT2D eigenvalue weighted by Gasteiger charge is 2.36. The van der Waals surface area contributed by atoms with Crippen LogP contribution in [0.1, 0.15) is 34.4 Å². The largest absolute Gasteiger partial charge is 0.462 e. The van der Waals surface area contributed by atoms with Gasteiger partial charge in [-0.1, -0.05) is 0 Å². The molecule has 4 rings (SSSR count).